The third kappa shape index (κ3) is 5.80. The van der Waals surface area contributed by atoms with E-state index in [-0.39, 0.29) is 0 Å². The van der Waals surface area contributed by atoms with Crippen molar-refractivity contribution in [2.45, 2.75) is 58.5 Å². The van der Waals surface area contributed by atoms with Crippen LogP contribution in [0.4, 0.5) is 0 Å². The number of nitrogens with one attached hydrogen (secondary N) is 1. The Morgan fingerprint density at radius 2 is 1.74 bits per heavy atom. The molecule has 1 atom stereocenters. The number of nitrogens with zero attached hydrogens (tertiary/aromatic N) is 2. The second-order valence-electron chi connectivity index (χ2n) is 6.88. The average molecular weight is 267 g/mol. The summed E-state index contributed by atoms with van der Waals surface area (Å²) in [5, 5.41) is 3.51. The highest BCUT2D eigenvalue weighted by Crippen LogP contribution is 2.30. The maximum atomic E-state index is 3.51. The van der Waals surface area contributed by atoms with Gasteiger partial charge in [-0.25, -0.2) is 0 Å². The normalized spacial score (nSPS) is 24.0. The van der Waals surface area contributed by atoms with E-state index in [2.05, 4.69) is 35.9 Å². The van der Waals surface area contributed by atoms with Gasteiger partial charge in [0.2, 0.25) is 0 Å². The molecule has 1 saturated carbocycles. The zero-order valence-corrected chi connectivity index (χ0v) is 13.2. The van der Waals surface area contributed by atoms with Gasteiger partial charge in [-0.15, -0.1) is 0 Å². The van der Waals surface area contributed by atoms with Crippen molar-refractivity contribution in [2.75, 3.05) is 39.3 Å². The molecule has 0 aromatic rings. The van der Waals surface area contributed by atoms with Gasteiger partial charge >= 0.3 is 0 Å². The molecule has 0 aromatic carbocycles. The van der Waals surface area contributed by atoms with Gasteiger partial charge in [-0.2, -0.15) is 0 Å². The summed E-state index contributed by atoms with van der Waals surface area (Å²) in [7, 11) is 0. The molecule has 2 rings (SSSR count). The quantitative estimate of drug-likeness (QED) is 0.680. The summed E-state index contributed by atoms with van der Waals surface area (Å²) in [5.74, 6) is 1.05. The van der Waals surface area contributed by atoms with Crippen molar-refractivity contribution in [1.29, 1.82) is 0 Å². The molecule has 1 aliphatic carbocycles. The molecular weight excluding hydrogens is 234 g/mol. The van der Waals surface area contributed by atoms with Crippen molar-refractivity contribution in [3.63, 3.8) is 0 Å². The highest BCUT2D eigenvalue weighted by Gasteiger charge is 2.27. The lowest BCUT2D eigenvalue weighted by molar-refractivity contribution is 0.0951. The Balaban J connectivity index is 1.54. The molecular formula is C16H33N3. The summed E-state index contributed by atoms with van der Waals surface area (Å²) in [6, 6.07) is 1.39. The van der Waals surface area contributed by atoms with E-state index in [1.54, 1.807) is 0 Å². The van der Waals surface area contributed by atoms with Gasteiger partial charge in [-0.3, -0.25) is 4.90 Å². The Hall–Kier alpha value is -0.120. The molecule has 112 valence electrons. The van der Waals surface area contributed by atoms with Gasteiger partial charge in [0.25, 0.3) is 0 Å². The van der Waals surface area contributed by atoms with Crippen LogP contribution < -0.4 is 5.32 Å². The molecule has 0 spiro atoms. The first-order valence-electron chi connectivity index (χ1n) is 8.35. The van der Waals surface area contributed by atoms with Crippen LogP contribution in [0.25, 0.3) is 0 Å². The van der Waals surface area contributed by atoms with Gasteiger partial charge in [0, 0.05) is 44.8 Å². The first-order valence-corrected chi connectivity index (χ1v) is 8.35. The number of hydrogen-bond acceptors (Lipinski definition) is 3. The zero-order valence-electron chi connectivity index (χ0n) is 13.2. The van der Waals surface area contributed by atoms with Crippen LogP contribution in [0.5, 0.6) is 0 Å². The third-order valence-electron chi connectivity index (χ3n) is 4.59. The van der Waals surface area contributed by atoms with E-state index in [9.17, 15) is 0 Å². The van der Waals surface area contributed by atoms with Crippen LogP contribution in [0.15, 0.2) is 0 Å². The second kappa shape index (κ2) is 7.61. The van der Waals surface area contributed by atoms with E-state index in [0.717, 1.165) is 12.0 Å². The lowest BCUT2D eigenvalue weighted by atomic mass is 10.1. The summed E-state index contributed by atoms with van der Waals surface area (Å²) < 4.78 is 0. The summed E-state index contributed by atoms with van der Waals surface area (Å²) in [5.41, 5.74) is 0. The summed E-state index contributed by atoms with van der Waals surface area (Å²) >= 11 is 0. The molecule has 0 aromatic heterocycles. The molecule has 2 aliphatic rings. The molecule has 19 heavy (non-hydrogen) atoms. The Kier molecular flexibility index (Phi) is 6.11. The number of piperazine rings is 1. The SMILES string of the molecule is CC(C)NCCCC(C)N1CCN(CC2CC2)CC1. The molecule has 0 amide bonds. The molecule has 0 bridgehead atoms. The van der Waals surface area contributed by atoms with Crippen molar-refractivity contribution in [3.8, 4) is 0 Å². The minimum atomic E-state index is 0.626. The standard InChI is InChI=1S/C16H33N3/c1-14(2)17-8-4-5-15(3)19-11-9-18(10-12-19)13-16-6-7-16/h14-17H,4-13H2,1-3H3. The van der Waals surface area contributed by atoms with E-state index in [1.165, 1.54) is 65.0 Å². The van der Waals surface area contributed by atoms with Crippen LogP contribution >= 0.6 is 0 Å². The predicted octanol–water partition coefficient (Wildman–Crippen LogP) is 2.18. The summed E-state index contributed by atoms with van der Waals surface area (Å²) in [6.45, 7) is 14.6. The molecule has 3 heteroatoms. The maximum Gasteiger partial charge on any atom is 0.0113 e. The molecule has 3 nitrogen and oxygen atoms in total. The van der Waals surface area contributed by atoms with Crippen LogP contribution in [-0.4, -0.2) is 61.2 Å². The minimum Gasteiger partial charge on any atom is -0.315 e. The van der Waals surface area contributed by atoms with Crippen molar-refractivity contribution in [1.82, 2.24) is 15.1 Å². The minimum absolute atomic E-state index is 0.626. The zero-order chi connectivity index (χ0) is 13.7. The Labute approximate surface area is 119 Å². The van der Waals surface area contributed by atoms with Crippen LogP contribution in [0.2, 0.25) is 0 Å². The first kappa shape index (κ1) is 15.3. The van der Waals surface area contributed by atoms with E-state index < -0.39 is 0 Å². The van der Waals surface area contributed by atoms with Crippen molar-refractivity contribution in [3.05, 3.63) is 0 Å². The molecule has 0 radical (unpaired) electrons. The summed E-state index contributed by atoms with van der Waals surface area (Å²) in [4.78, 5) is 5.37. The van der Waals surface area contributed by atoms with Crippen LogP contribution in [0.1, 0.15) is 46.5 Å². The molecule has 2 fully saturated rings. The fraction of sp³-hybridized carbons (Fsp3) is 1.00. The number of rotatable bonds is 8. The van der Waals surface area contributed by atoms with Crippen LogP contribution in [0, 0.1) is 5.92 Å². The fourth-order valence-electron chi connectivity index (χ4n) is 3.02. The third-order valence-corrected chi connectivity index (χ3v) is 4.59. The van der Waals surface area contributed by atoms with Gasteiger partial charge in [0.1, 0.15) is 0 Å². The van der Waals surface area contributed by atoms with Crippen LogP contribution in [0.3, 0.4) is 0 Å². The topological polar surface area (TPSA) is 18.5 Å². The molecule has 1 saturated heterocycles. The molecule has 1 unspecified atom stereocenters. The summed E-state index contributed by atoms with van der Waals surface area (Å²) in [6.07, 6.45) is 5.61. The van der Waals surface area contributed by atoms with Crippen molar-refractivity contribution >= 4 is 0 Å². The van der Waals surface area contributed by atoms with E-state index in [4.69, 9.17) is 0 Å². The van der Waals surface area contributed by atoms with Crippen molar-refractivity contribution < 1.29 is 0 Å². The Morgan fingerprint density at radius 1 is 1.05 bits per heavy atom. The second-order valence-corrected chi connectivity index (χ2v) is 6.88. The monoisotopic (exact) mass is 267 g/mol. The highest BCUT2D eigenvalue weighted by atomic mass is 15.3. The van der Waals surface area contributed by atoms with Crippen LogP contribution in [-0.2, 0) is 0 Å². The number of hydrogen-bond donors (Lipinski definition) is 1. The largest absolute Gasteiger partial charge is 0.315 e. The van der Waals surface area contributed by atoms with Crippen molar-refractivity contribution in [2.24, 2.45) is 5.92 Å². The Bertz CT molecular complexity index is 242. The maximum absolute atomic E-state index is 3.51. The van der Waals surface area contributed by atoms with Gasteiger partial charge in [0.15, 0.2) is 0 Å². The predicted molar refractivity (Wildman–Crippen MR) is 82.6 cm³/mol. The van der Waals surface area contributed by atoms with Gasteiger partial charge < -0.3 is 10.2 Å². The lowest BCUT2D eigenvalue weighted by Crippen LogP contribution is -2.50. The Morgan fingerprint density at radius 3 is 2.32 bits per heavy atom. The lowest BCUT2D eigenvalue weighted by Gasteiger charge is -2.38. The van der Waals surface area contributed by atoms with Gasteiger partial charge in [-0.05, 0) is 45.1 Å². The molecule has 1 heterocycles. The first-order chi connectivity index (χ1) is 9.15. The van der Waals surface area contributed by atoms with Gasteiger partial charge in [-0.1, -0.05) is 13.8 Å². The van der Waals surface area contributed by atoms with Gasteiger partial charge in [0.05, 0.1) is 0 Å². The smallest absolute Gasteiger partial charge is 0.0113 e. The average Bonchev–Trinajstić information content (AvgIpc) is 3.19. The van der Waals surface area contributed by atoms with E-state index >= 15 is 0 Å². The van der Waals surface area contributed by atoms with E-state index in [1.807, 2.05) is 0 Å². The highest BCUT2D eigenvalue weighted by molar-refractivity contribution is 4.82. The molecule has 1 aliphatic heterocycles. The fourth-order valence-corrected chi connectivity index (χ4v) is 3.02. The molecule has 1 N–H and O–H groups in total. The van der Waals surface area contributed by atoms with E-state index in [0.29, 0.717) is 6.04 Å².